The van der Waals surface area contributed by atoms with Gasteiger partial charge in [-0.2, -0.15) is 0 Å². The quantitative estimate of drug-likeness (QED) is 0.610. The Bertz CT molecular complexity index is 65.7. The minimum atomic E-state index is -0.853. The molecule has 132 valence electrons. The van der Waals surface area contributed by atoms with E-state index in [0.29, 0.717) is 0 Å². The molecule has 0 aliphatic heterocycles. The Hall–Kier alpha value is -0.483. The van der Waals surface area contributed by atoms with E-state index in [4.69, 9.17) is 15.3 Å². The molecule has 0 heterocycles. The largest absolute Gasteiger partial charge is 0.333 e. The van der Waals surface area contributed by atoms with Crippen LogP contribution < -0.4 is 5.73 Å². The van der Waals surface area contributed by atoms with Crippen molar-refractivity contribution in [3.05, 3.63) is 0 Å². The van der Waals surface area contributed by atoms with Gasteiger partial charge < -0.3 is 15.3 Å². The van der Waals surface area contributed by atoms with Gasteiger partial charge in [-0.25, -0.2) is 0 Å². The molecule has 0 aliphatic rings. The second-order valence-electron chi connectivity index (χ2n) is 2.76. The summed E-state index contributed by atoms with van der Waals surface area (Å²) in [6.07, 6.45) is 0.910. The van der Waals surface area contributed by atoms with Crippen molar-refractivity contribution in [2.75, 3.05) is 6.17 Å². The first kappa shape index (κ1) is 101. The predicted octanol–water partition coefficient (Wildman–Crippen LogP) is 5.93. The maximum absolute atomic E-state index is 8.00. The van der Waals surface area contributed by atoms with Crippen molar-refractivity contribution in [3.8, 4) is 0 Å². The first-order chi connectivity index (χ1) is 5.56. The van der Waals surface area contributed by atoms with Crippen LogP contribution in [0.1, 0.15) is 65.8 Å². The highest BCUT2D eigenvalue weighted by Crippen LogP contribution is 1.93. The highest BCUT2D eigenvalue weighted by molar-refractivity contribution is 6.76. The summed E-state index contributed by atoms with van der Waals surface area (Å²) in [6.45, 7) is 14.8. The van der Waals surface area contributed by atoms with Crippen LogP contribution in [0.4, 0.5) is 0 Å². The number of hydrogen-bond acceptors (Lipinski definition) is 3. The third-order valence-electron chi connectivity index (χ3n) is 0.612. The molecule has 0 aliphatic carbocycles. The van der Waals surface area contributed by atoms with Crippen LogP contribution in [0.5, 0.6) is 0 Å². The molecule has 0 rings (SSSR count). The second-order valence-corrected chi connectivity index (χ2v) is 8.29. The second kappa shape index (κ2) is 113. The minimum Gasteiger partial charge on any atom is -0.333 e. The van der Waals surface area contributed by atoms with E-state index in [1.165, 1.54) is 0 Å². The van der Waals surface area contributed by atoms with E-state index in [2.05, 4.69) is 19.6 Å². The molecule has 4 heteroatoms. The average molecular weight is 306 g/mol. The van der Waals surface area contributed by atoms with Crippen molar-refractivity contribution in [1.29, 1.82) is 0 Å². The number of carbonyl (C=O) groups is 2. The number of hydrogen-bond donors (Lipinski definition) is 1. The summed E-state index contributed by atoms with van der Waals surface area (Å²) < 4.78 is 0. The van der Waals surface area contributed by atoms with Crippen LogP contribution in [0, 0.1) is 0 Å². The van der Waals surface area contributed by atoms with Crippen molar-refractivity contribution in [3.63, 3.8) is 0 Å². The normalized spacial score (nSPS) is 4.53. The van der Waals surface area contributed by atoms with Gasteiger partial charge >= 0.3 is 0 Å². The van der Waals surface area contributed by atoms with Crippen molar-refractivity contribution in [2.24, 2.45) is 5.73 Å². The Labute approximate surface area is 129 Å². The van der Waals surface area contributed by atoms with E-state index in [1.807, 2.05) is 27.4 Å². The van der Waals surface area contributed by atoms with Gasteiger partial charge in [0.1, 0.15) is 13.6 Å². The minimum absolute atomic E-state index is 0. The molecule has 0 spiro atoms. The fraction of sp³-hybridized carbons (Fsp3) is 0.867. The van der Waals surface area contributed by atoms with Gasteiger partial charge in [-0.1, -0.05) is 85.5 Å². The van der Waals surface area contributed by atoms with Crippen LogP contribution in [0.15, 0.2) is 0 Å². The van der Waals surface area contributed by atoms with Gasteiger partial charge in [-0.05, 0) is 6.17 Å². The molecule has 0 radical (unpaired) electrons. The van der Waals surface area contributed by atoms with Gasteiger partial charge in [-0.3, -0.25) is 0 Å². The zero-order chi connectivity index (χ0) is 11.2. The van der Waals surface area contributed by atoms with Crippen molar-refractivity contribution >= 4 is 21.7 Å². The number of carbonyl (C=O) groups excluding carboxylic acids is 2. The Morgan fingerprint density at radius 2 is 0.737 bits per heavy atom. The average Bonchev–Trinajstić information content (AvgIpc) is 2.14. The Morgan fingerprint density at radius 3 is 0.737 bits per heavy atom. The SMILES string of the molecule is C.C.C.C.C.C.C.C=O.C=O.CC.C[Si](C)(C)CN. The van der Waals surface area contributed by atoms with Crippen LogP contribution in [0.25, 0.3) is 0 Å². The molecule has 0 bridgehead atoms. The first-order valence-electron chi connectivity index (χ1n) is 3.84. The third kappa shape index (κ3) is 666. The molecule has 0 aromatic carbocycles. The topological polar surface area (TPSA) is 60.2 Å². The Balaban J connectivity index is -0.00000000499. The summed E-state index contributed by atoms with van der Waals surface area (Å²) in [6, 6.07) is 0. The highest BCUT2D eigenvalue weighted by Gasteiger charge is 2.07. The molecule has 0 atom stereocenters. The first-order valence-corrected chi connectivity index (χ1v) is 7.55. The fourth-order valence-electron chi connectivity index (χ4n) is 0. The molecule has 0 aromatic rings. The molecule has 0 unspecified atom stereocenters. The zero-order valence-corrected chi connectivity index (χ0v) is 10.0. The van der Waals surface area contributed by atoms with E-state index < -0.39 is 8.07 Å². The monoisotopic (exact) mass is 305 g/mol. The molecule has 0 saturated heterocycles. The molecular formula is C15H51NO2Si. The highest BCUT2D eigenvalue weighted by atomic mass is 28.3. The van der Waals surface area contributed by atoms with Crippen LogP contribution in [-0.2, 0) is 9.59 Å². The van der Waals surface area contributed by atoms with Crippen molar-refractivity contribution in [2.45, 2.75) is 85.5 Å². The van der Waals surface area contributed by atoms with Crippen LogP contribution in [0.3, 0.4) is 0 Å². The molecule has 0 saturated carbocycles. The third-order valence-corrected chi connectivity index (χ3v) is 1.84. The zero-order valence-electron chi connectivity index (χ0n) is 9.02. The van der Waals surface area contributed by atoms with Crippen molar-refractivity contribution in [1.82, 2.24) is 0 Å². The number of nitrogens with two attached hydrogens (primary N) is 1. The lowest BCUT2D eigenvalue weighted by Gasteiger charge is -2.09. The van der Waals surface area contributed by atoms with E-state index in [9.17, 15) is 0 Å². The van der Waals surface area contributed by atoms with Gasteiger partial charge in [-0.15, -0.1) is 0 Å². The fourth-order valence-corrected chi connectivity index (χ4v) is 0. The van der Waals surface area contributed by atoms with Crippen LogP contribution in [-0.4, -0.2) is 27.8 Å². The summed E-state index contributed by atoms with van der Waals surface area (Å²) >= 11 is 0. The standard InChI is InChI=1S/C4H13NSi.C2H6.2CH2O.7CH4/c1-6(2,3)4-5;3*1-2;;;;;;;/h4-5H2,1-3H3;1-2H3;2*1H2;7*1H4. The Morgan fingerprint density at radius 1 is 0.684 bits per heavy atom. The molecule has 3 nitrogen and oxygen atoms in total. The summed E-state index contributed by atoms with van der Waals surface area (Å²) in [7, 11) is -0.853. The lowest BCUT2D eigenvalue weighted by molar-refractivity contribution is -0.0987. The van der Waals surface area contributed by atoms with Gasteiger partial charge in [0.2, 0.25) is 0 Å². The molecule has 0 aromatic heterocycles. The maximum atomic E-state index is 8.00. The smallest absolute Gasteiger partial charge is 0.106 e. The molecule has 2 N–H and O–H groups in total. The van der Waals surface area contributed by atoms with Gasteiger partial charge in [0.15, 0.2) is 0 Å². The van der Waals surface area contributed by atoms with E-state index in [0.717, 1.165) is 6.17 Å². The maximum Gasteiger partial charge on any atom is 0.106 e. The lowest BCUT2D eigenvalue weighted by atomic mass is 11.0. The van der Waals surface area contributed by atoms with Gasteiger partial charge in [0, 0.05) is 0 Å². The van der Waals surface area contributed by atoms with Gasteiger partial charge in [0.05, 0.1) is 8.07 Å². The number of rotatable bonds is 1. The van der Waals surface area contributed by atoms with E-state index >= 15 is 0 Å². The van der Waals surface area contributed by atoms with E-state index in [1.54, 1.807) is 0 Å². The van der Waals surface area contributed by atoms with E-state index in [-0.39, 0.29) is 52.0 Å². The molecule has 0 fully saturated rings. The Kier molecular flexibility index (Phi) is 596. The molecule has 0 amide bonds. The summed E-state index contributed by atoms with van der Waals surface area (Å²) in [5.74, 6) is 0. The van der Waals surface area contributed by atoms with Crippen molar-refractivity contribution < 1.29 is 9.59 Å². The predicted molar refractivity (Wildman–Crippen MR) is 105 cm³/mol. The molecule has 19 heavy (non-hydrogen) atoms. The summed E-state index contributed by atoms with van der Waals surface area (Å²) in [4.78, 5) is 16.0. The van der Waals surface area contributed by atoms with Gasteiger partial charge in [0.25, 0.3) is 0 Å². The van der Waals surface area contributed by atoms with Crippen LogP contribution >= 0.6 is 0 Å². The molecular weight excluding hydrogens is 254 g/mol. The summed E-state index contributed by atoms with van der Waals surface area (Å²) in [5, 5.41) is 0. The summed E-state index contributed by atoms with van der Waals surface area (Å²) in [5.41, 5.74) is 5.37. The van der Waals surface area contributed by atoms with Crippen LogP contribution in [0.2, 0.25) is 19.6 Å². The lowest BCUT2D eigenvalue weighted by Crippen LogP contribution is -2.31.